The van der Waals surface area contributed by atoms with Crippen LogP contribution in [0.5, 0.6) is 11.5 Å². The molecule has 0 saturated heterocycles. The van der Waals surface area contributed by atoms with Crippen molar-refractivity contribution in [2.24, 2.45) is 0 Å². The second kappa shape index (κ2) is 8.94. The molecule has 0 aliphatic rings. The third-order valence-electron chi connectivity index (χ3n) is 3.61. The van der Waals surface area contributed by atoms with E-state index in [1.165, 1.54) is 26.0 Å². The lowest BCUT2D eigenvalue weighted by Gasteiger charge is -2.13. The first-order valence-electron chi connectivity index (χ1n) is 8.11. The molecule has 146 valence electrons. The Balaban J connectivity index is 1.61. The third-order valence-corrected chi connectivity index (χ3v) is 4.85. The number of carbonyl (C=O) groups is 1. The molecule has 0 fully saturated rings. The van der Waals surface area contributed by atoms with Gasteiger partial charge in [0.2, 0.25) is 5.91 Å². The molecule has 0 unspecified atom stereocenters. The van der Waals surface area contributed by atoms with Crippen molar-refractivity contribution in [2.75, 3.05) is 25.3 Å². The molecular weight excluding hydrogens is 404 g/mol. The molecule has 3 rings (SSSR count). The number of carbonyl (C=O) groups excluding carboxylic acids is 1. The van der Waals surface area contributed by atoms with Crippen molar-refractivity contribution in [1.82, 2.24) is 15.1 Å². The maximum absolute atomic E-state index is 12.3. The van der Waals surface area contributed by atoms with E-state index in [1.54, 1.807) is 31.3 Å². The van der Waals surface area contributed by atoms with Gasteiger partial charge in [0.15, 0.2) is 5.82 Å². The Hall–Kier alpha value is -2.78. The van der Waals surface area contributed by atoms with E-state index in [0.29, 0.717) is 44.5 Å². The highest BCUT2D eigenvalue weighted by Crippen LogP contribution is 2.36. The number of hydrogen-bond donors (Lipinski definition) is 1. The maximum atomic E-state index is 12.3. The van der Waals surface area contributed by atoms with Crippen LogP contribution in [-0.2, 0) is 4.79 Å². The van der Waals surface area contributed by atoms with Gasteiger partial charge in [-0.3, -0.25) is 4.79 Å². The lowest BCUT2D eigenvalue weighted by Crippen LogP contribution is -2.15. The Morgan fingerprint density at radius 1 is 1.25 bits per heavy atom. The van der Waals surface area contributed by atoms with Crippen LogP contribution in [0.1, 0.15) is 5.82 Å². The Bertz CT molecular complexity index is 978. The van der Waals surface area contributed by atoms with Crippen LogP contribution in [0.4, 0.5) is 5.69 Å². The number of benzene rings is 1. The summed E-state index contributed by atoms with van der Waals surface area (Å²) in [6.45, 7) is 1.74. The van der Waals surface area contributed by atoms with E-state index in [4.69, 9.17) is 25.6 Å². The molecule has 2 aromatic heterocycles. The molecule has 28 heavy (non-hydrogen) atoms. The lowest BCUT2D eigenvalue weighted by molar-refractivity contribution is -0.113. The van der Waals surface area contributed by atoms with Crippen molar-refractivity contribution >= 4 is 35.0 Å². The van der Waals surface area contributed by atoms with Crippen molar-refractivity contribution in [3.63, 3.8) is 0 Å². The number of thioether (sulfide) groups is 1. The summed E-state index contributed by atoms with van der Waals surface area (Å²) in [5.41, 5.74) is 1.18. The van der Waals surface area contributed by atoms with Crippen LogP contribution in [0.15, 0.2) is 40.0 Å². The molecule has 0 spiro atoms. The van der Waals surface area contributed by atoms with Crippen LogP contribution in [0.3, 0.4) is 0 Å². The van der Waals surface area contributed by atoms with Gasteiger partial charge < -0.3 is 19.3 Å². The SMILES string of the molecule is COc1cc(OC)c(NC(=O)CSc2ccc(-c3nc(C)no3)cn2)cc1Cl. The second-order valence-electron chi connectivity index (χ2n) is 5.56. The molecule has 0 aliphatic carbocycles. The minimum Gasteiger partial charge on any atom is -0.495 e. The van der Waals surface area contributed by atoms with Gasteiger partial charge in [-0.2, -0.15) is 4.98 Å². The average Bonchev–Trinajstić information content (AvgIpc) is 3.13. The Labute approximate surface area is 170 Å². The first-order chi connectivity index (χ1) is 13.5. The maximum Gasteiger partial charge on any atom is 0.259 e. The summed E-state index contributed by atoms with van der Waals surface area (Å²) in [7, 11) is 3.01. The van der Waals surface area contributed by atoms with Gasteiger partial charge in [-0.05, 0) is 25.1 Å². The number of nitrogens with one attached hydrogen (secondary N) is 1. The predicted molar refractivity (Wildman–Crippen MR) is 106 cm³/mol. The number of hydrogen-bond acceptors (Lipinski definition) is 8. The zero-order valence-corrected chi connectivity index (χ0v) is 16.9. The van der Waals surface area contributed by atoms with Gasteiger partial charge in [0, 0.05) is 12.3 Å². The number of anilines is 1. The smallest absolute Gasteiger partial charge is 0.259 e. The van der Waals surface area contributed by atoms with Crippen molar-refractivity contribution in [3.8, 4) is 23.0 Å². The zero-order chi connectivity index (χ0) is 20.1. The minimum atomic E-state index is -0.220. The average molecular weight is 421 g/mol. The number of rotatable bonds is 7. The third kappa shape index (κ3) is 4.73. The number of ether oxygens (including phenoxy) is 2. The number of aromatic nitrogens is 3. The van der Waals surface area contributed by atoms with Crippen LogP contribution in [0.2, 0.25) is 5.02 Å². The largest absolute Gasteiger partial charge is 0.495 e. The Morgan fingerprint density at radius 2 is 2.04 bits per heavy atom. The Kier molecular flexibility index (Phi) is 6.37. The first-order valence-corrected chi connectivity index (χ1v) is 9.47. The highest BCUT2D eigenvalue weighted by atomic mass is 35.5. The van der Waals surface area contributed by atoms with Crippen molar-refractivity contribution < 1.29 is 18.8 Å². The number of pyridine rings is 1. The molecule has 0 bridgehead atoms. The molecule has 1 N–H and O–H groups in total. The van der Waals surface area contributed by atoms with E-state index < -0.39 is 0 Å². The molecule has 0 saturated carbocycles. The predicted octanol–water partition coefficient (Wildman–Crippen LogP) is 3.84. The monoisotopic (exact) mass is 420 g/mol. The molecule has 3 aromatic rings. The van der Waals surface area contributed by atoms with Gasteiger partial charge in [0.25, 0.3) is 5.89 Å². The summed E-state index contributed by atoms with van der Waals surface area (Å²) in [6, 6.07) is 6.80. The summed E-state index contributed by atoms with van der Waals surface area (Å²) in [5.74, 6) is 1.83. The van der Waals surface area contributed by atoms with Crippen LogP contribution < -0.4 is 14.8 Å². The van der Waals surface area contributed by atoms with Crippen LogP contribution in [0.25, 0.3) is 11.5 Å². The van der Waals surface area contributed by atoms with E-state index in [0.717, 1.165) is 0 Å². The summed E-state index contributed by atoms with van der Waals surface area (Å²) in [4.78, 5) is 20.7. The number of amides is 1. The molecule has 10 heteroatoms. The highest BCUT2D eigenvalue weighted by molar-refractivity contribution is 7.99. The van der Waals surface area contributed by atoms with Gasteiger partial charge in [0.05, 0.1) is 41.3 Å². The minimum absolute atomic E-state index is 0.165. The fourth-order valence-electron chi connectivity index (χ4n) is 2.29. The van der Waals surface area contributed by atoms with Gasteiger partial charge >= 0.3 is 0 Å². The first kappa shape index (κ1) is 20.0. The Morgan fingerprint density at radius 3 is 2.64 bits per heavy atom. The normalized spacial score (nSPS) is 10.6. The second-order valence-corrected chi connectivity index (χ2v) is 6.96. The number of halogens is 1. The standard InChI is InChI=1S/C18H17ClN4O4S/c1-10-21-18(27-23-10)11-4-5-17(20-8-11)28-9-16(24)22-13-6-12(19)14(25-2)7-15(13)26-3/h4-8H,9H2,1-3H3,(H,22,24). The molecule has 0 atom stereocenters. The molecule has 1 amide bonds. The van der Waals surface area contributed by atoms with Crippen molar-refractivity contribution in [3.05, 3.63) is 41.3 Å². The van der Waals surface area contributed by atoms with E-state index in [1.807, 2.05) is 6.07 Å². The van der Waals surface area contributed by atoms with Gasteiger partial charge in [-0.1, -0.05) is 28.5 Å². The molecule has 1 aromatic carbocycles. The van der Waals surface area contributed by atoms with Crippen molar-refractivity contribution in [2.45, 2.75) is 11.9 Å². The summed E-state index contributed by atoms with van der Waals surface area (Å²) >= 11 is 7.41. The van der Waals surface area contributed by atoms with Crippen molar-refractivity contribution in [1.29, 1.82) is 0 Å². The van der Waals surface area contributed by atoms with Gasteiger partial charge in [-0.15, -0.1) is 0 Å². The van der Waals surface area contributed by atoms with Crippen LogP contribution in [0, 0.1) is 6.92 Å². The molecule has 2 heterocycles. The topological polar surface area (TPSA) is 99.4 Å². The molecule has 0 aliphatic heterocycles. The number of methoxy groups -OCH3 is 2. The van der Waals surface area contributed by atoms with Crippen LogP contribution >= 0.6 is 23.4 Å². The summed E-state index contributed by atoms with van der Waals surface area (Å²) < 4.78 is 15.5. The van der Waals surface area contributed by atoms with Crippen LogP contribution in [-0.4, -0.2) is 41.0 Å². The fourth-order valence-corrected chi connectivity index (χ4v) is 3.17. The highest BCUT2D eigenvalue weighted by Gasteiger charge is 2.13. The number of aryl methyl sites for hydroxylation is 1. The lowest BCUT2D eigenvalue weighted by atomic mass is 10.2. The fraction of sp³-hybridized carbons (Fsp3) is 0.222. The van der Waals surface area contributed by atoms with Gasteiger partial charge in [-0.25, -0.2) is 4.98 Å². The van der Waals surface area contributed by atoms with E-state index in [9.17, 15) is 4.79 Å². The van der Waals surface area contributed by atoms with E-state index in [-0.39, 0.29) is 11.7 Å². The van der Waals surface area contributed by atoms with E-state index in [2.05, 4.69) is 20.4 Å². The quantitative estimate of drug-likeness (QED) is 0.575. The zero-order valence-electron chi connectivity index (χ0n) is 15.4. The number of nitrogens with zero attached hydrogens (tertiary/aromatic N) is 3. The molecule has 0 radical (unpaired) electrons. The summed E-state index contributed by atoms with van der Waals surface area (Å²) in [5, 5.41) is 7.59. The molecule has 8 nitrogen and oxygen atoms in total. The van der Waals surface area contributed by atoms with Gasteiger partial charge in [0.1, 0.15) is 11.5 Å². The molecular formula is C18H17ClN4O4S. The summed E-state index contributed by atoms with van der Waals surface area (Å²) in [6.07, 6.45) is 1.62. The van der Waals surface area contributed by atoms with E-state index >= 15 is 0 Å².